The average Bonchev–Trinajstić information content (AvgIpc) is 2.89. The van der Waals surface area contributed by atoms with Gasteiger partial charge in [-0.1, -0.05) is 115 Å². The van der Waals surface area contributed by atoms with E-state index in [1.807, 2.05) is 0 Å². The summed E-state index contributed by atoms with van der Waals surface area (Å²) in [5.41, 5.74) is 0. The van der Waals surface area contributed by atoms with Crippen molar-refractivity contribution < 1.29 is 19.4 Å². The molecule has 0 amide bonds. The van der Waals surface area contributed by atoms with Crippen molar-refractivity contribution in [3.8, 4) is 0 Å². The van der Waals surface area contributed by atoms with Crippen molar-refractivity contribution in [2.45, 2.75) is 168 Å². The maximum atomic E-state index is 12.4. The largest absolute Gasteiger partial charge is 0.481 e. The Morgan fingerprint density at radius 1 is 0.605 bits per heavy atom. The molecule has 0 aliphatic rings. The van der Waals surface area contributed by atoms with E-state index in [9.17, 15) is 9.59 Å². The Kier molecular flexibility index (Phi) is 28.3. The van der Waals surface area contributed by atoms with Crippen molar-refractivity contribution in [2.24, 2.45) is 0 Å². The molecule has 38 heavy (non-hydrogen) atoms. The van der Waals surface area contributed by atoms with E-state index >= 15 is 0 Å². The highest BCUT2D eigenvalue weighted by molar-refractivity contribution is 5.69. The van der Waals surface area contributed by atoms with Crippen molar-refractivity contribution >= 4 is 11.9 Å². The van der Waals surface area contributed by atoms with Crippen LogP contribution in [0.4, 0.5) is 0 Å². The number of carbonyl (C=O) groups is 2. The first-order valence-electron chi connectivity index (χ1n) is 16.0. The lowest BCUT2D eigenvalue weighted by atomic mass is 10.0. The summed E-state index contributed by atoms with van der Waals surface area (Å²) < 4.78 is 5.89. The minimum atomic E-state index is -0.692. The van der Waals surface area contributed by atoms with Crippen molar-refractivity contribution in [1.82, 2.24) is 0 Å². The number of allylic oxidation sites excluding steroid dienone is 6. The van der Waals surface area contributed by atoms with Gasteiger partial charge >= 0.3 is 11.9 Å². The first-order valence-corrected chi connectivity index (χ1v) is 16.0. The van der Waals surface area contributed by atoms with E-state index in [2.05, 4.69) is 50.3 Å². The fraction of sp³-hybridized carbons (Fsp3) is 0.765. The first kappa shape index (κ1) is 36.2. The number of unbranched alkanes of at least 4 members (excludes halogenated alkanes) is 13. The second-order valence-corrected chi connectivity index (χ2v) is 10.6. The van der Waals surface area contributed by atoms with Crippen LogP contribution in [0.1, 0.15) is 162 Å². The van der Waals surface area contributed by atoms with Gasteiger partial charge in [0.25, 0.3) is 0 Å². The molecule has 4 heteroatoms. The molecule has 4 nitrogen and oxygen atoms in total. The lowest BCUT2D eigenvalue weighted by molar-refractivity contribution is -0.150. The van der Waals surface area contributed by atoms with E-state index in [1.165, 1.54) is 51.4 Å². The second kappa shape index (κ2) is 29.7. The number of ether oxygens (including phenoxy) is 1. The molecule has 1 N–H and O–H groups in total. The summed E-state index contributed by atoms with van der Waals surface area (Å²) in [7, 11) is 0. The third-order valence-electron chi connectivity index (χ3n) is 6.88. The first-order chi connectivity index (χ1) is 18.6. The van der Waals surface area contributed by atoms with E-state index in [4.69, 9.17) is 9.84 Å². The van der Waals surface area contributed by atoms with Gasteiger partial charge in [-0.3, -0.25) is 9.59 Å². The summed E-state index contributed by atoms with van der Waals surface area (Å²) in [6, 6.07) is 0. The number of rotatable bonds is 28. The zero-order valence-electron chi connectivity index (χ0n) is 25.0. The molecule has 0 radical (unpaired) electrons. The SMILES string of the molecule is CC/C=C\C/C=C\C/C=C\CCCCCCCC(=O)OC(CCCCC)CCCCCCCCCC(=O)O. The van der Waals surface area contributed by atoms with Gasteiger partial charge in [-0.15, -0.1) is 0 Å². The van der Waals surface area contributed by atoms with Crippen LogP contribution >= 0.6 is 0 Å². The summed E-state index contributed by atoms with van der Waals surface area (Å²) in [6.45, 7) is 4.37. The van der Waals surface area contributed by atoms with Crippen LogP contribution in [0.3, 0.4) is 0 Å². The van der Waals surface area contributed by atoms with Crippen LogP contribution in [-0.2, 0) is 14.3 Å². The topological polar surface area (TPSA) is 63.6 Å². The van der Waals surface area contributed by atoms with Crippen molar-refractivity contribution in [3.63, 3.8) is 0 Å². The van der Waals surface area contributed by atoms with Gasteiger partial charge in [0.2, 0.25) is 0 Å². The van der Waals surface area contributed by atoms with E-state index in [-0.39, 0.29) is 12.1 Å². The molecule has 0 aliphatic carbocycles. The highest BCUT2D eigenvalue weighted by Gasteiger charge is 2.14. The van der Waals surface area contributed by atoms with Gasteiger partial charge in [-0.25, -0.2) is 0 Å². The number of carboxylic acids is 1. The number of hydrogen-bond donors (Lipinski definition) is 1. The molecule has 0 heterocycles. The molecule has 0 aromatic rings. The Balaban J connectivity index is 3.83. The Morgan fingerprint density at radius 2 is 1.11 bits per heavy atom. The summed E-state index contributed by atoms with van der Waals surface area (Å²) in [6.07, 6.45) is 37.5. The van der Waals surface area contributed by atoms with Crippen molar-refractivity contribution in [1.29, 1.82) is 0 Å². The van der Waals surface area contributed by atoms with Gasteiger partial charge in [0.15, 0.2) is 0 Å². The summed E-state index contributed by atoms with van der Waals surface area (Å²) in [5, 5.41) is 8.69. The predicted octanol–water partition coefficient (Wildman–Crippen LogP) is 10.7. The third-order valence-corrected chi connectivity index (χ3v) is 6.88. The molecule has 0 saturated carbocycles. The molecule has 0 aliphatic heterocycles. The van der Waals surface area contributed by atoms with Gasteiger partial charge in [0.05, 0.1) is 0 Å². The Bertz CT molecular complexity index is 620. The van der Waals surface area contributed by atoms with Crippen molar-refractivity contribution in [2.75, 3.05) is 0 Å². The van der Waals surface area contributed by atoms with Crippen LogP contribution in [0.2, 0.25) is 0 Å². The van der Waals surface area contributed by atoms with Crippen LogP contribution in [0, 0.1) is 0 Å². The van der Waals surface area contributed by atoms with Crippen LogP contribution < -0.4 is 0 Å². The molecule has 0 aromatic carbocycles. The average molecular weight is 533 g/mol. The molecule has 0 fully saturated rings. The highest BCUT2D eigenvalue weighted by atomic mass is 16.5. The summed E-state index contributed by atoms with van der Waals surface area (Å²) >= 11 is 0. The Morgan fingerprint density at radius 3 is 1.71 bits per heavy atom. The summed E-state index contributed by atoms with van der Waals surface area (Å²) in [5.74, 6) is -0.700. The molecular weight excluding hydrogens is 472 g/mol. The molecule has 1 atom stereocenters. The van der Waals surface area contributed by atoms with E-state index in [1.54, 1.807) is 0 Å². The quantitative estimate of drug-likeness (QED) is 0.0618. The fourth-order valence-corrected chi connectivity index (χ4v) is 4.55. The van der Waals surface area contributed by atoms with Crippen LogP contribution in [-0.4, -0.2) is 23.1 Å². The van der Waals surface area contributed by atoms with E-state index < -0.39 is 5.97 Å². The fourth-order valence-electron chi connectivity index (χ4n) is 4.55. The zero-order chi connectivity index (χ0) is 27.9. The Hall–Kier alpha value is -1.84. The highest BCUT2D eigenvalue weighted by Crippen LogP contribution is 2.18. The Labute approximate surface area is 235 Å². The maximum absolute atomic E-state index is 12.4. The molecule has 0 saturated heterocycles. The zero-order valence-corrected chi connectivity index (χ0v) is 25.0. The maximum Gasteiger partial charge on any atom is 0.306 e. The molecule has 0 aromatic heterocycles. The third kappa shape index (κ3) is 28.7. The molecule has 0 spiro atoms. The number of aliphatic carboxylic acids is 1. The predicted molar refractivity (Wildman–Crippen MR) is 162 cm³/mol. The van der Waals surface area contributed by atoms with Crippen molar-refractivity contribution in [3.05, 3.63) is 36.5 Å². The van der Waals surface area contributed by atoms with Gasteiger partial charge in [0.1, 0.15) is 6.10 Å². The number of carbonyl (C=O) groups excluding carboxylic acids is 1. The molecule has 1 unspecified atom stereocenters. The number of esters is 1. The normalized spacial score (nSPS) is 12.7. The van der Waals surface area contributed by atoms with Crippen LogP contribution in [0.15, 0.2) is 36.5 Å². The summed E-state index contributed by atoms with van der Waals surface area (Å²) in [4.78, 5) is 23.0. The lowest BCUT2D eigenvalue weighted by Gasteiger charge is -2.18. The van der Waals surface area contributed by atoms with Gasteiger partial charge in [0, 0.05) is 12.8 Å². The smallest absolute Gasteiger partial charge is 0.306 e. The van der Waals surface area contributed by atoms with Gasteiger partial charge in [-0.2, -0.15) is 0 Å². The molecular formula is C34H60O4. The van der Waals surface area contributed by atoms with E-state index in [0.29, 0.717) is 12.8 Å². The molecule has 0 rings (SSSR count). The van der Waals surface area contributed by atoms with Crippen LogP contribution in [0.25, 0.3) is 0 Å². The molecule has 0 bridgehead atoms. The van der Waals surface area contributed by atoms with E-state index in [0.717, 1.165) is 83.5 Å². The number of carboxylic acid groups (broad SMARTS) is 1. The van der Waals surface area contributed by atoms with Crippen LogP contribution in [0.5, 0.6) is 0 Å². The number of hydrogen-bond acceptors (Lipinski definition) is 3. The minimum Gasteiger partial charge on any atom is -0.481 e. The van der Waals surface area contributed by atoms with Gasteiger partial charge < -0.3 is 9.84 Å². The minimum absolute atomic E-state index is 0.00824. The molecule has 220 valence electrons. The van der Waals surface area contributed by atoms with Gasteiger partial charge in [-0.05, 0) is 70.6 Å². The monoisotopic (exact) mass is 532 g/mol. The second-order valence-electron chi connectivity index (χ2n) is 10.6. The standard InChI is InChI=1S/C34H60O4/c1-3-5-7-8-9-10-11-12-13-14-15-16-20-23-27-31-34(37)38-32(28-24-6-4-2)29-25-21-18-17-19-22-26-30-33(35)36/h5,7,9-10,12-13,32H,3-4,6,8,11,14-31H2,1-2H3,(H,35,36)/b7-5-,10-9-,13-12-. The lowest BCUT2D eigenvalue weighted by Crippen LogP contribution is -2.18.